The van der Waals surface area contributed by atoms with Crippen molar-refractivity contribution in [2.24, 2.45) is 5.92 Å². The number of aliphatic carboxylic acids is 1. The van der Waals surface area contributed by atoms with Gasteiger partial charge in [0.05, 0.1) is 5.92 Å². The highest BCUT2D eigenvalue weighted by molar-refractivity contribution is 5.97. The van der Waals surface area contributed by atoms with Crippen LogP contribution in [0.3, 0.4) is 0 Å². The molecule has 2 rings (SSSR count). The molecule has 4 nitrogen and oxygen atoms in total. The molecule has 20 heavy (non-hydrogen) atoms. The SMILES string of the molecule is Cc1cccc(C)c1C(=O)NC1CCCCC1C(=O)O. The zero-order valence-corrected chi connectivity index (χ0v) is 12.0. The van der Waals surface area contributed by atoms with Crippen LogP contribution in [0.25, 0.3) is 0 Å². The molecule has 0 aromatic heterocycles. The van der Waals surface area contributed by atoms with Gasteiger partial charge in [0.1, 0.15) is 0 Å². The lowest BCUT2D eigenvalue weighted by atomic mass is 9.84. The van der Waals surface area contributed by atoms with Crippen molar-refractivity contribution in [1.82, 2.24) is 5.32 Å². The van der Waals surface area contributed by atoms with Gasteiger partial charge in [-0.25, -0.2) is 0 Å². The normalized spacial score (nSPS) is 22.3. The lowest BCUT2D eigenvalue weighted by molar-refractivity contribution is -0.143. The van der Waals surface area contributed by atoms with E-state index in [4.69, 9.17) is 0 Å². The summed E-state index contributed by atoms with van der Waals surface area (Å²) in [6, 6.07) is 5.46. The summed E-state index contributed by atoms with van der Waals surface area (Å²) in [4.78, 5) is 23.7. The van der Waals surface area contributed by atoms with Crippen molar-refractivity contribution in [2.75, 3.05) is 0 Å². The van der Waals surface area contributed by atoms with Crippen LogP contribution in [0, 0.1) is 19.8 Å². The number of aryl methyl sites for hydroxylation is 2. The van der Waals surface area contributed by atoms with Crippen LogP contribution < -0.4 is 5.32 Å². The van der Waals surface area contributed by atoms with Crippen LogP contribution in [0.1, 0.15) is 47.2 Å². The van der Waals surface area contributed by atoms with E-state index in [1.807, 2.05) is 32.0 Å². The van der Waals surface area contributed by atoms with Crippen LogP contribution in [0.2, 0.25) is 0 Å². The van der Waals surface area contributed by atoms with Gasteiger partial charge in [0.2, 0.25) is 0 Å². The number of hydrogen-bond acceptors (Lipinski definition) is 2. The van der Waals surface area contributed by atoms with Crippen molar-refractivity contribution >= 4 is 11.9 Å². The highest BCUT2D eigenvalue weighted by Gasteiger charge is 2.32. The van der Waals surface area contributed by atoms with Crippen LogP contribution in [-0.4, -0.2) is 23.0 Å². The van der Waals surface area contributed by atoms with Crippen molar-refractivity contribution < 1.29 is 14.7 Å². The number of hydrogen-bond donors (Lipinski definition) is 2. The van der Waals surface area contributed by atoms with Crippen LogP contribution in [0.5, 0.6) is 0 Å². The number of benzene rings is 1. The highest BCUT2D eigenvalue weighted by Crippen LogP contribution is 2.25. The van der Waals surface area contributed by atoms with Crippen molar-refractivity contribution in [1.29, 1.82) is 0 Å². The number of amides is 1. The fourth-order valence-electron chi connectivity index (χ4n) is 3.01. The van der Waals surface area contributed by atoms with E-state index in [2.05, 4.69) is 5.32 Å². The summed E-state index contributed by atoms with van der Waals surface area (Å²) in [6.45, 7) is 3.80. The third kappa shape index (κ3) is 3.00. The Morgan fingerprint density at radius 1 is 1.15 bits per heavy atom. The second kappa shape index (κ2) is 6.07. The fraction of sp³-hybridized carbons (Fsp3) is 0.500. The first-order valence-corrected chi connectivity index (χ1v) is 7.10. The summed E-state index contributed by atoms with van der Waals surface area (Å²) in [7, 11) is 0. The molecule has 1 fully saturated rings. The van der Waals surface area contributed by atoms with Gasteiger partial charge in [-0.3, -0.25) is 9.59 Å². The molecule has 0 spiro atoms. The minimum absolute atomic E-state index is 0.154. The summed E-state index contributed by atoms with van der Waals surface area (Å²) in [6.07, 6.45) is 3.29. The third-order valence-corrected chi connectivity index (χ3v) is 4.11. The van der Waals surface area contributed by atoms with E-state index >= 15 is 0 Å². The van der Waals surface area contributed by atoms with E-state index in [-0.39, 0.29) is 11.9 Å². The van der Waals surface area contributed by atoms with Gasteiger partial charge >= 0.3 is 5.97 Å². The summed E-state index contributed by atoms with van der Waals surface area (Å²) in [5.74, 6) is -1.42. The number of carbonyl (C=O) groups excluding carboxylic acids is 1. The predicted molar refractivity (Wildman–Crippen MR) is 76.8 cm³/mol. The molecule has 1 amide bonds. The molecule has 0 aliphatic heterocycles. The van der Waals surface area contributed by atoms with E-state index in [1.54, 1.807) is 0 Å². The summed E-state index contributed by atoms with van der Waals surface area (Å²) in [5.41, 5.74) is 2.51. The minimum Gasteiger partial charge on any atom is -0.481 e. The van der Waals surface area contributed by atoms with Crippen molar-refractivity contribution in [2.45, 2.75) is 45.6 Å². The molecule has 0 saturated heterocycles. The first-order valence-electron chi connectivity index (χ1n) is 7.10. The molecular weight excluding hydrogens is 254 g/mol. The molecule has 2 unspecified atom stereocenters. The van der Waals surface area contributed by atoms with Crippen LogP contribution >= 0.6 is 0 Å². The minimum atomic E-state index is -0.809. The standard InChI is InChI=1S/C16H21NO3/c1-10-6-5-7-11(2)14(10)15(18)17-13-9-4-3-8-12(13)16(19)20/h5-7,12-13H,3-4,8-9H2,1-2H3,(H,17,18)(H,19,20). The molecule has 0 radical (unpaired) electrons. The topological polar surface area (TPSA) is 66.4 Å². The quantitative estimate of drug-likeness (QED) is 0.891. The summed E-state index contributed by atoms with van der Waals surface area (Å²) in [5, 5.41) is 12.2. The van der Waals surface area contributed by atoms with E-state index in [9.17, 15) is 14.7 Å². The van der Waals surface area contributed by atoms with Gasteiger partial charge in [0.25, 0.3) is 5.91 Å². The Kier molecular flexibility index (Phi) is 4.42. The molecule has 0 heterocycles. The second-order valence-corrected chi connectivity index (χ2v) is 5.58. The van der Waals surface area contributed by atoms with E-state index in [1.165, 1.54) is 0 Å². The Labute approximate surface area is 119 Å². The third-order valence-electron chi connectivity index (χ3n) is 4.11. The van der Waals surface area contributed by atoms with Crippen LogP contribution in [0.15, 0.2) is 18.2 Å². The van der Waals surface area contributed by atoms with E-state index < -0.39 is 11.9 Å². The van der Waals surface area contributed by atoms with Crippen LogP contribution in [-0.2, 0) is 4.79 Å². The van der Waals surface area contributed by atoms with Gasteiger partial charge in [-0.15, -0.1) is 0 Å². The lowest BCUT2D eigenvalue weighted by Gasteiger charge is -2.29. The Hall–Kier alpha value is -1.84. The van der Waals surface area contributed by atoms with Crippen LogP contribution in [0.4, 0.5) is 0 Å². The van der Waals surface area contributed by atoms with Gasteiger partial charge in [-0.05, 0) is 37.8 Å². The molecule has 4 heteroatoms. The first-order chi connectivity index (χ1) is 9.50. The maximum absolute atomic E-state index is 12.4. The number of carboxylic acids is 1. The second-order valence-electron chi connectivity index (χ2n) is 5.58. The number of rotatable bonds is 3. The lowest BCUT2D eigenvalue weighted by Crippen LogP contribution is -2.45. The van der Waals surface area contributed by atoms with Crippen molar-refractivity contribution in [3.05, 3.63) is 34.9 Å². The largest absolute Gasteiger partial charge is 0.481 e. The molecule has 1 aliphatic rings. The summed E-state index contributed by atoms with van der Waals surface area (Å²) < 4.78 is 0. The Morgan fingerprint density at radius 3 is 2.35 bits per heavy atom. The molecule has 2 atom stereocenters. The van der Waals surface area contributed by atoms with E-state index in [0.717, 1.165) is 30.4 Å². The smallest absolute Gasteiger partial charge is 0.308 e. The Bertz CT molecular complexity index is 504. The molecule has 1 aromatic rings. The van der Waals surface area contributed by atoms with Gasteiger partial charge in [-0.2, -0.15) is 0 Å². The number of nitrogens with one attached hydrogen (secondary N) is 1. The van der Waals surface area contributed by atoms with Gasteiger partial charge in [-0.1, -0.05) is 31.0 Å². The highest BCUT2D eigenvalue weighted by atomic mass is 16.4. The predicted octanol–water partition coefficient (Wildman–Crippen LogP) is 2.68. The van der Waals surface area contributed by atoms with Crippen molar-refractivity contribution in [3.63, 3.8) is 0 Å². The Morgan fingerprint density at radius 2 is 1.75 bits per heavy atom. The average Bonchev–Trinajstić information content (AvgIpc) is 2.38. The molecular formula is C16H21NO3. The molecule has 108 valence electrons. The maximum Gasteiger partial charge on any atom is 0.308 e. The van der Waals surface area contributed by atoms with E-state index in [0.29, 0.717) is 12.0 Å². The molecule has 1 aromatic carbocycles. The molecule has 0 bridgehead atoms. The number of carbonyl (C=O) groups is 2. The molecule has 2 N–H and O–H groups in total. The fourth-order valence-corrected chi connectivity index (χ4v) is 3.01. The van der Waals surface area contributed by atoms with Gasteiger partial charge in [0, 0.05) is 11.6 Å². The van der Waals surface area contributed by atoms with Gasteiger partial charge in [0.15, 0.2) is 0 Å². The average molecular weight is 275 g/mol. The zero-order valence-electron chi connectivity index (χ0n) is 12.0. The number of carboxylic acid groups (broad SMARTS) is 1. The van der Waals surface area contributed by atoms with Crippen molar-refractivity contribution in [3.8, 4) is 0 Å². The molecule has 1 saturated carbocycles. The Balaban J connectivity index is 2.16. The first kappa shape index (κ1) is 14.6. The molecule has 1 aliphatic carbocycles. The van der Waals surface area contributed by atoms with Gasteiger partial charge < -0.3 is 10.4 Å². The monoisotopic (exact) mass is 275 g/mol. The summed E-state index contributed by atoms with van der Waals surface area (Å²) >= 11 is 0. The zero-order chi connectivity index (χ0) is 14.7. The maximum atomic E-state index is 12.4.